The molecule has 0 spiro atoms. The number of anilines is 1. The average Bonchev–Trinajstić information content (AvgIpc) is 3.06. The van der Waals surface area contributed by atoms with Crippen LogP contribution in [-0.2, 0) is 4.74 Å². The second kappa shape index (κ2) is 7.69. The van der Waals surface area contributed by atoms with Crippen molar-refractivity contribution in [2.75, 3.05) is 44.3 Å². The SMILES string of the molecule is CCN(CC)c1ccc(C=C2CCC=C2N2CCOCC2)cc1. The Bertz CT molecular complexity index is 564. The Morgan fingerprint density at radius 2 is 1.78 bits per heavy atom. The third kappa shape index (κ3) is 3.78. The van der Waals surface area contributed by atoms with E-state index < -0.39 is 0 Å². The first kappa shape index (κ1) is 16.1. The molecule has 1 aromatic rings. The lowest BCUT2D eigenvalue weighted by molar-refractivity contribution is 0.0550. The minimum Gasteiger partial charge on any atom is -0.378 e. The molecule has 3 nitrogen and oxygen atoms in total. The van der Waals surface area contributed by atoms with Crippen molar-refractivity contribution in [1.82, 2.24) is 4.90 Å². The number of benzene rings is 1. The van der Waals surface area contributed by atoms with Crippen LogP contribution in [0.5, 0.6) is 0 Å². The van der Waals surface area contributed by atoms with Gasteiger partial charge in [0.05, 0.1) is 13.2 Å². The number of ether oxygens (including phenoxy) is 1. The standard InChI is InChI=1S/C20H28N2O/c1-3-21(4-2)19-10-8-17(9-11-19)16-18-6-5-7-20(18)22-12-14-23-15-13-22/h7-11,16H,3-6,12-15H2,1-2H3. The molecule has 0 N–H and O–H groups in total. The zero-order valence-electron chi connectivity index (χ0n) is 14.4. The molecular formula is C20H28N2O. The molecule has 0 radical (unpaired) electrons. The van der Waals surface area contributed by atoms with Crippen LogP contribution in [-0.4, -0.2) is 44.3 Å². The van der Waals surface area contributed by atoms with Crippen LogP contribution < -0.4 is 4.90 Å². The molecule has 1 saturated heterocycles. The minimum atomic E-state index is 0.850. The number of nitrogens with zero attached hydrogens (tertiary/aromatic N) is 2. The van der Waals surface area contributed by atoms with Crippen molar-refractivity contribution in [1.29, 1.82) is 0 Å². The Hall–Kier alpha value is -1.74. The highest BCUT2D eigenvalue weighted by molar-refractivity contribution is 5.62. The Morgan fingerprint density at radius 3 is 2.43 bits per heavy atom. The zero-order chi connectivity index (χ0) is 16.1. The summed E-state index contributed by atoms with van der Waals surface area (Å²) in [4.78, 5) is 4.86. The topological polar surface area (TPSA) is 15.7 Å². The predicted molar refractivity (Wildman–Crippen MR) is 97.7 cm³/mol. The van der Waals surface area contributed by atoms with E-state index in [4.69, 9.17) is 4.74 Å². The first-order chi connectivity index (χ1) is 11.3. The van der Waals surface area contributed by atoms with E-state index in [2.05, 4.69) is 60.1 Å². The van der Waals surface area contributed by atoms with E-state index in [0.717, 1.165) is 52.2 Å². The summed E-state index contributed by atoms with van der Waals surface area (Å²) >= 11 is 0. The monoisotopic (exact) mass is 312 g/mol. The fraction of sp³-hybridized carbons (Fsp3) is 0.500. The molecule has 1 aromatic carbocycles. The van der Waals surface area contributed by atoms with Crippen LogP contribution in [0.3, 0.4) is 0 Å². The normalized spacial score (nSPS) is 20.0. The highest BCUT2D eigenvalue weighted by Gasteiger charge is 2.20. The number of hydrogen-bond donors (Lipinski definition) is 0. The van der Waals surface area contributed by atoms with Crippen molar-refractivity contribution in [3.05, 3.63) is 47.2 Å². The highest BCUT2D eigenvalue weighted by Crippen LogP contribution is 2.30. The van der Waals surface area contributed by atoms with E-state index in [1.807, 2.05) is 0 Å². The van der Waals surface area contributed by atoms with Crippen LogP contribution in [0.15, 0.2) is 41.6 Å². The quantitative estimate of drug-likeness (QED) is 0.819. The van der Waals surface area contributed by atoms with Gasteiger partial charge in [0, 0.05) is 37.6 Å². The maximum Gasteiger partial charge on any atom is 0.0642 e. The molecule has 0 aromatic heterocycles. The van der Waals surface area contributed by atoms with Crippen molar-refractivity contribution in [3.8, 4) is 0 Å². The highest BCUT2D eigenvalue weighted by atomic mass is 16.5. The van der Waals surface area contributed by atoms with Gasteiger partial charge in [-0.05, 0) is 56.0 Å². The third-order valence-corrected chi connectivity index (χ3v) is 4.79. The average molecular weight is 312 g/mol. The molecule has 3 rings (SSSR count). The van der Waals surface area contributed by atoms with Gasteiger partial charge in [-0.2, -0.15) is 0 Å². The van der Waals surface area contributed by atoms with Crippen LogP contribution in [0, 0.1) is 0 Å². The van der Waals surface area contributed by atoms with E-state index in [1.54, 1.807) is 0 Å². The van der Waals surface area contributed by atoms with Crippen LogP contribution in [0.2, 0.25) is 0 Å². The lowest BCUT2D eigenvalue weighted by Gasteiger charge is -2.30. The molecule has 1 aliphatic carbocycles. The van der Waals surface area contributed by atoms with E-state index in [9.17, 15) is 0 Å². The van der Waals surface area contributed by atoms with Gasteiger partial charge in [-0.15, -0.1) is 0 Å². The Labute approximate surface area is 140 Å². The number of hydrogen-bond acceptors (Lipinski definition) is 3. The van der Waals surface area contributed by atoms with Gasteiger partial charge in [-0.25, -0.2) is 0 Å². The summed E-state index contributed by atoms with van der Waals surface area (Å²) in [5, 5.41) is 0. The van der Waals surface area contributed by atoms with Crippen LogP contribution in [0.25, 0.3) is 6.08 Å². The molecular weight excluding hydrogens is 284 g/mol. The van der Waals surface area contributed by atoms with Gasteiger partial charge in [0.25, 0.3) is 0 Å². The lowest BCUT2D eigenvalue weighted by Crippen LogP contribution is -2.35. The van der Waals surface area contributed by atoms with Gasteiger partial charge >= 0.3 is 0 Å². The smallest absolute Gasteiger partial charge is 0.0642 e. The summed E-state index contributed by atoms with van der Waals surface area (Å²) in [5.74, 6) is 0. The summed E-state index contributed by atoms with van der Waals surface area (Å²) in [6, 6.07) is 8.98. The number of rotatable bonds is 5. The largest absolute Gasteiger partial charge is 0.378 e. The van der Waals surface area contributed by atoms with Gasteiger partial charge in [0.1, 0.15) is 0 Å². The molecule has 1 fully saturated rings. The Kier molecular flexibility index (Phi) is 5.39. The van der Waals surface area contributed by atoms with Crippen molar-refractivity contribution < 1.29 is 4.74 Å². The van der Waals surface area contributed by atoms with E-state index in [-0.39, 0.29) is 0 Å². The maximum absolute atomic E-state index is 5.48. The maximum atomic E-state index is 5.48. The summed E-state index contributed by atoms with van der Waals surface area (Å²) in [7, 11) is 0. The van der Waals surface area contributed by atoms with Gasteiger partial charge in [-0.3, -0.25) is 0 Å². The summed E-state index contributed by atoms with van der Waals surface area (Å²) in [6.07, 6.45) is 7.07. The number of morpholine rings is 1. The van der Waals surface area contributed by atoms with Gasteiger partial charge in [0.2, 0.25) is 0 Å². The Morgan fingerprint density at radius 1 is 1.09 bits per heavy atom. The van der Waals surface area contributed by atoms with Crippen molar-refractivity contribution in [2.45, 2.75) is 26.7 Å². The molecule has 0 amide bonds. The summed E-state index contributed by atoms with van der Waals surface area (Å²) < 4.78 is 5.48. The van der Waals surface area contributed by atoms with Gasteiger partial charge < -0.3 is 14.5 Å². The summed E-state index contributed by atoms with van der Waals surface area (Å²) in [5.41, 5.74) is 5.52. The second-order valence-electron chi connectivity index (χ2n) is 6.16. The molecule has 124 valence electrons. The lowest BCUT2D eigenvalue weighted by atomic mass is 10.1. The fourth-order valence-corrected chi connectivity index (χ4v) is 3.48. The molecule has 0 bridgehead atoms. The second-order valence-corrected chi connectivity index (χ2v) is 6.16. The first-order valence-corrected chi connectivity index (χ1v) is 8.90. The van der Waals surface area contributed by atoms with E-state index in [0.29, 0.717) is 0 Å². The zero-order valence-corrected chi connectivity index (χ0v) is 14.4. The first-order valence-electron chi connectivity index (χ1n) is 8.90. The molecule has 0 saturated carbocycles. The predicted octanol–water partition coefficient (Wildman–Crippen LogP) is 3.93. The molecule has 1 heterocycles. The van der Waals surface area contributed by atoms with Crippen LogP contribution in [0.4, 0.5) is 5.69 Å². The van der Waals surface area contributed by atoms with Gasteiger partial charge in [-0.1, -0.05) is 18.2 Å². The van der Waals surface area contributed by atoms with Gasteiger partial charge in [0.15, 0.2) is 0 Å². The molecule has 2 aliphatic rings. The van der Waals surface area contributed by atoms with Crippen molar-refractivity contribution >= 4 is 11.8 Å². The van der Waals surface area contributed by atoms with E-state index in [1.165, 1.54) is 22.5 Å². The molecule has 0 unspecified atom stereocenters. The fourth-order valence-electron chi connectivity index (χ4n) is 3.48. The van der Waals surface area contributed by atoms with Crippen LogP contribution >= 0.6 is 0 Å². The molecule has 1 aliphatic heterocycles. The van der Waals surface area contributed by atoms with Crippen molar-refractivity contribution in [2.24, 2.45) is 0 Å². The summed E-state index contributed by atoms with van der Waals surface area (Å²) in [6.45, 7) is 10.3. The van der Waals surface area contributed by atoms with Crippen molar-refractivity contribution in [3.63, 3.8) is 0 Å². The molecule has 0 atom stereocenters. The third-order valence-electron chi connectivity index (χ3n) is 4.79. The number of allylic oxidation sites excluding steroid dienone is 2. The Balaban J connectivity index is 1.74. The molecule has 23 heavy (non-hydrogen) atoms. The van der Waals surface area contributed by atoms with E-state index >= 15 is 0 Å². The molecule has 3 heteroatoms. The minimum absolute atomic E-state index is 0.850. The van der Waals surface area contributed by atoms with Crippen LogP contribution in [0.1, 0.15) is 32.3 Å².